The lowest BCUT2D eigenvalue weighted by molar-refractivity contribution is -0.133. The molecule has 4 heteroatoms. The van der Waals surface area contributed by atoms with Gasteiger partial charge in [0, 0.05) is 6.54 Å². The second kappa shape index (κ2) is 8.14. The van der Waals surface area contributed by atoms with Crippen LogP contribution in [0.5, 0.6) is 0 Å². The van der Waals surface area contributed by atoms with Gasteiger partial charge in [0.1, 0.15) is 0 Å². The number of amides is 1. The second-order valence-corrected chi connectivity index (χ2v) is 7.07. The lowest BCUT2D eigenvalue weighted by atomic mass is 9.74. The molecule has 0 unspecified atom stereocenters. The maximum Gasteiger partial charge on any atom is 0.226 e. The normalized spacial score (nSPS) is 23.9. The van der Waals surface area contributed by atoms with Crippen LogP contribution in [-0.2, 0) is 4.79 Å². The summed E-state index contributed by atoms with van der Waals surface area (Å²) >= 11 is 0. The van der Waals surface area contributed by atoms with E-state index in [2.05, 4.69) is 29.5 Å². The van der Waals surface area contributed by atoms with Gasteiger partial charge in [0.05, 0.1) is 5.41 Å². The van der Waals surface area contributed by atoms with Gasteiger partial charge in [0.2, 0.25) is 5.91 Å². The van der Waals surface area contributed by atoms with E-state index < -0.39 is 0 Å². The van der Waals surface area contributed by atoms with Crippen molar-refractivity contribution >= 4 is 5.91 Å². The first-order valence-corrected chi connectivity index (χ1v) is 8.84. The van der Waals surface area contributed by atoms with E-state index >= 15 is 0 Å². The van der Waals surface area contributed by atoms with Crippen LogP contribution < -0.4 is 10.6 Å². The van der Waals surface area contributed by atoms with Crippen LogP contribution in [0.25, 0.3) is 0 Å². The van der Waals surface area contributed by atoms with Gasteiger partial charge in [-0.1, -0.05) is 13.3 Å². The highest BCUT2D eigenvalue weighted by Crippen LogP contribution is 2.34. The monoisotopic (exact) mass is 295 g/mol. The quantitative estimate of drug-likeness (QED) is 0.788. The summed E-state index contributed by atoms with van der Waals surface area (Å²) in [4.78, 5) is 15.1. The number of hydrogen-bond donors (Lipinski definition) is 2. The fourth-order valence-corrected chi connectivity index (χ4v) is 3.90. The Kier molecular flexibility index (Phi) is 6.49. The molecule has 2 N–H and O–H groups in total. The average molecular weight is 295 g/mol. The molecule has 2 aliphatic heterocycles. The topological polar surface area (TPSA) is 44.4 Å². The van der Waals surface area contributed by atoms with Crippen molar-refractivity contribution in [2.75, 3.05) is 39.8 Å². The molecule has 4 nitrogen and oxygen atoms in total. The standard InChI is InChI=1S/C17H33N3O/c1-3-7-17(8-11-18-12-9-17)16(21)19-10-4-15-5-13-20(2)14-6-15/h15,18H,3-14H2,1-2H3,(H,19,21). The van der Waals surface area contributed by atoms with E-state index in [0.717, 1.165) is 57.7 Å². The Morgan fingerprint density at radius 2 is 1.95 bits per heavy atom. The van der Waals surface area contributed by atoms with Crippen LogP contribution >= 0.6 is 0 Å². The summed E-state index contributed by atoms with van der Waals surface area (Å²) < 4.78 is 0. The largest absolute Gasteiger partial charge is 0.356 e. The zero-order valence-electron chi connectivity index (χ0n) is 13.9. The van der Waals surface area contributed by atoms with Gasteiger partial charge in [-0.25, -0.2) is 0 Å². The van der Waals surface area contributed by atoms with E-state index in [-0.39, 0.29) is 5.41 Å². The number of likely N-dealkylation sites (tertiary alicyclic amines) is 1. The molecule has 0 bridgehead atoms. The molecule has 2 heterocycles. The molecule has 0 aromatic carbocycles. The van der Waals surface area contributed by atoms with Crippen LogP contribution in [0.2, 0.25) is 0 Å². The number of nitrogens with one attached hydrogen (secondary N) is 2. The lowest BCUT2D eigenvalue weighted by Gasteiger charge is -2.36. The Morgan fingerprint density at radius 3 is 2.57 bits per heavy atom. The third-order valence-corrected chi connectivity index (χ3v) is 5.45. The van der Waals surface area contributed by atoms with Gasteiger partial charge >= 0.3 is 0 Å². The Hall–Kier alpha value is -0.610. The van der Waals surface area contributed by atoms with Gasteiger partial charge in [0.15, 0.2) is 0 Å². The summed E-state index contributed by atoms with van der Waals surface area (Å²) in [5.41, 5.74) is -0.0905. The molecule has 2 rings (SSSR count). The molecule has 0 saturated carbocycles. The fraction of sp³-hybridized carbons (Fsp3) is 0.941. The van der Waals surface area contributed by atoms with Crippen molar-refractivity contribution in [3.05, 3.63) is 0 Å². The van der Waals surface area contributed by atoms with Crippen LogP contribution in [0.1, 0.15) is 51.9 Å². The van der Waals surface area contributed by atoms with Crippen molar-refractivity contribution in [2.24, 2.45) is 11.3 Å². The molecule has 2 fully saturated rings. The zero-order chi connectivity index (χ0) is 15.1. The molecule has 0 atom stereocenters. The Labute approximate surface area is 130 Å². The average Bonchev–Trinajstić information content (AvgIpc) is 2.50. The first-order valence-electron chi connectivity index (χ1n) is 8.84. The van der Waals surface area contributed by atoms with E-state index in [0.29, 0.717) is 5.91 Å². The van der Waals surface area contributed by atoms with E-state index in [9.17, 15) is 4.79 Å². The molecule has 2 aliphatic rings. The lowest BCUT2D eigenvalue weighted by Crippen LogP contribution is -2.48. The summed E-state index contributed by atoms with van der Waals surface area (Å²) in [6.45, 7) is 7.46. The Balaban J connectivity index is 1.74. The number of rotatable bonds is 6. The van der Waals surface area contributed by atoms with Gasteiger partial charge in [-0.3, -0.25) is 4.79 Å². The first kappa shape index (κ1) is 16.8. The minimum Gasteiger partial charge on any atom is -0.356 e. The molecular weight excluding hydrogens is 262 g/mol. The molecular formula is C17H33N3O. The van der Waals surface area contributed by atoms with Crippen molar-refractivity contribution < 1.29 is 4.79 Å². The van der Waals surface area contributed by atoms with Gasteiger partial charge < -0.3 is 15.5 Å². The molecule has 2 saturated heterocycles. The number of carbonyl (C=O) groups is 1. The third kappa shape index (κ3) is 4.68. The molecule has 21 heavy (non-hydrogen) atoms. The molecule has 1 amide bonds. The predicted octanol–water partition coefficient (Wildman–Crippen LogP) is 2.00. The van der Waals surface area contributed by atoms with Crippen molar-refractivity contribution in [2.45, 2.75) is 51.9 Å². The van der Waals surface area contributed by atoms with Crippen molar-refractivity contribution in [1.82, 2.24) is 15.5 Å². The second-order valence-electron chi connectivity index (χ2n) is 7.07. The number of hydrogen-bond acceptors (Lipinski definition) is 3. The minimum absolute atomic E-state index is 0.0905. The zero-order valence-corrected chi connectivity index (χ0v) is 13.9. The summed E-state index contributed by atoms with van der Waals surface area (Å²) in [6, 6.07) is 0. The number of nitrogens with zero attached hydrogens (tertiary/aromatic N) is 1. The molecule has 0 radical (unpaired) electrons. The molecule has 0 spiro atoms. The molecule has 0 aromatic heterocycles. The summed E-state index contributed by atoms with van der Waals surface area (Å²) in [5.74, 6) is 1.12. The maximum atomic E-state index is 12.7. The number of piperidine rings is 2. The predicted molar refractivity (Wildman–Crippen MR) is 87.3 cm³/mol. The Morgan fingerprint density at radius 1 is 1.29 bits per heavy atom. The van der Waals surface area contributed by atoms with Crippen LogP contribution in [0, 0.1) is 11.3 Å². The van der Waals surface area contributed by atoms with Crippen LogP contribution in [0.3, 0.4) is 0 Å². The van der Waals surface area contributed by atoms with Crippen molar-refractivity contribution in [3.8, 4) is 0 Å². The fourth-order valence-electron chi connectivity index (χ4n) is 3.90. The van der Waals surface area contributed by atoms with Gasteiger partial charge in [-0.2, -0.15) is 0 Å². The molecule has 0 aromatic rings. The minimum atomic E-state index is -0.0905. The molecule has 122 valence electrons. The van der Waals surface area contributed by atoms with E-state index in [1.807, 2.05) is 0 Å². The highest BCUT2D eigenvalue weighted by molar-refractivity contribution is 5.82. The summed E-state index contributed by atoms with van der Waals surface area (Å²) in [6.07, 6.45) is 7.87. The Bertz CT molecular complexity index is 312. The highest BCUT2D eigenvalue weighted by atomic mass is 16.2. The smallest absolute Gasteiger partial charge is 0.226 e. The van der Waals surface area contributed by atoms with Crippen LogP contribution in [-0.4, -0.2) is 50.6 Å². The van der Waals surface area contributed by atoms with E-state index in [4.69, 9.17) is 0 Å². The van der Waals surface area contributed by atoms with Gasteiger partial charge in [0.25, 0.3) is 0 Å². The van der Waals surface area contributed by atoms with Crippen LogP contribution in [0.15, 0.2) is 0 Å². The number of carbonyl (C=O) groups excluding carboxylic acids is 1. The van der Waals surface area contributed by atoms with Crippen LogP contribution in [0.4, 0.5) is 0 Å². The van der Waals surface area contributed by atoms with Crippen molar-refractivity contribution in [3.63, 3.8) is 0 Å². The van der Waals surface area contributed by atoms with Gasteiger partial charge in [-0.05, 0) is 77.7 Å². The summed E-state index contributed by atoms with van der Waals surface area (Å²) in [5, 5.41) is 6.64. The van der Waals surface area contributed by atoms with Gasteiger partial charge in [-0.15, -0.1) is 0 Å². The van der Waals surface area contributed by atoms with E-state index in [1.165, 1.54) is 25.9 Å². The summed E-state index contributed by atoms with van der Waals surface area (Å²) in [7, 11) is 2.20. The maximum absolute atomic E-state index is 12.7. The van der Waals surface area contributed by atoms with E-state index in [1.54, 1.807) is 0 Å². The molecule has 0 aliphatic carbocycles. The third-order valence-electron chi connectivity index (χ3n) is 5.45. The first-order chi connectivity index (χ1) is 10.2. The highest BCUT2D eigenvalue weighted by Gasteiger charge is 2.38. The van der Waals surface area contributed by atoms with Crippen molar-refractivity contribution in [1.29, 1.82) is 0 Å². The SMILES string of the molecule is CCCC1(C(=O)NCCC2CCN(C)CC2)CCNCC1.